The molecule has 0 rings (SSSR count). The predicted molar refractivity (Wildman–Crippen MR) is 84.2 cm³/mol. The lowest BCUT2D eigenvalue weighted by atomic mass is 9.99. The summed E-state index contributed by atoms with van der Waals surface area (Å²) in [5.74, 6) is 1.28. The molecule has 0 unspecified atom stereocenters. The van der Waals surface area contributed by atoms with Crippen LogP contribution in [0.25, 0.3) is 0 Å². The summed E-state index contributed by atoms with van der Waals surface area (Å²) in [7, 11) is 0. The lowest BCUT2D eigenvalue weighted by Gasteiger charge is -2.20. The average molecular weight is 289 g/mol. The summed E-state index contributed by atoms with van der Waals surface area (Å²) in [6.07, 6.45) is 0. The predicted octanol–water partition coefficient (Wildman–Crippen LogP) is 2.72. The lowest BCUT2D eigenvalue weighted by Crippen LogP contribution is -2.38. The van der Waals surface area contributed by atoms with E-state index in [2.05, 4.69) is 46.9 Å². The van der Waals surface area contributed by atoms with Crippen LogP contribution in [-0.2, 0) is 14.2 Å². The first-order valence-electron chi connectivity index (χ1n) is 7.81. The van der Waals surface area contributed by atoms with Gasteiger partial charge in [-0.3, -0.25) is 0 Å². The van der Waals surface area contributed by atoms with Crippen LogP contribution in [0, 0.1) is 11.8 Å². The summed E-state index contributed by atoms with van der Waals surface area (Å²) >= 11 is 0. The molecule has 0 fully saturated rings. The van der Waals surface area contributed by atoms with Crippen molar-refractivity contribution >= 4 is 0 Å². The largest absolute Gasteiger partial charge is 0.379 e. The number of hydrogen-bond donors (Lipinski definition) is 1. The third-order valence-corrected chi connectivity index (χ3v) is 3.16. The molecule has 4 nitrogen and oxygen atoms in total. The van der Waals surface area contributed by atoms with Crippen molar-refractivity contribution in [2.24, 2.45) is 11.8 Å². The Morgan fingerprint density at radius 2 is 1.30 bits per heavy atom. The summed E-state index contributed by atoms with van der Waals surface area (Å²) in [4.78, 5) is 0. The van der Waals surface area contributed by atoms with Crippen molar-refractivity contribution in [2.75, 3.05) is 46.2 Å². The minimum atomic E-state index is 0.157. The number of nitrogens with one attached hydrogen (secondary N) is 1. The van der Waals surface area contributed by atoms with Crippen molar-refractivity contribution in [3.05, 3.63) is 0 Å². The van der Waals surface area contributed by atoms with E-state index < -0.39 is 0 Å². The smallest absolute Gasteiger partial charge is 0.0701 e. The Balaban J connectivity index is 3.14. The van der Waals surface area contributed by atoms with Crippen molar-refractivity contribution in [2.45, 2.75) is 47.1 Å². The number of hydrogen-bond acceptors (Lipinski definition) is 4. The summed E-state index contributed by atoms with van der Waals surface area (Å²) in [5.41, 5.74) is 0.157. The van der Waals surface area contributed by atoms with E-state index >= 15 is 0 Å². The van der Waals surface area contributed by atoms with Crippen molar-refractivity contribution in [3.63, 3.8) is 0 Å². The van der Waals surface area contributed by atoms with Gasteiger partial charge in [-0.2, -0.15) is 0 Å². The molecule has 0 saturated heterocycles. The van der Waals surface area contributed by atoms with Gasteiger partial charge in [-0.1, -0.05) is 20.8 Å². The molecule has 0 aliphatic heterocycles. The van der Waals surface area contributed by atoms with Gasteiger partial charge in [-0.05, 0) is 32.6 Å². The molecule has 0 aliphatic carbocycles. The Morgan fingerprint density at radius 3 is 1.80 bits per heavy atom. The second-order valence-electron chi connectivity index (χ2n) is 6.70. The van der Waals surface area contributed by atoms with Gasteiger partial charge in [0, 0.05) is 18.7 Å². The van der Waals surface area contributed by atoms with Gasteiger partial charge in [0.15, 0.2) is 0 Å². The van der Waals surface area contributed by atoms with Gasteiger partial charge in [-0.25, -0.2) is 0 Å². The molecular formula is C16H35NO3. The normalized spacial score (nSPS) is 13.9. The van der Waals surface area contributed by atoms with E-state index in [0.29, 0.717) is 38.3 Å². The molecule has 0 saturated carbocycles. The molecule has 4 heteroatoms. The SMILES string of the molecule is CC(C)[C@H](C)COCCOCCOCCNC(C)(C)C. The first-order chi connectivity index (χ1) is 9.33. The van der Waals surface area contributed by atoms with Crippen LogP contribution in [0.2, 0.25) is 0 Å². The van der Waals surface area contributed by atoms with Crippen LogP contribution in [0.4, 0.5) is 0 Å². The van der Waals surface area contributed by atoms with E-state index in [9.17, 15) is 0 Å². The van der Waals surface area contributed by atoms with E-state index in [0.717, 1.165) is 19.8 Å². The number of rotatable bonds is 12. The van der Waals surface area contributed by atoms with E-state index in [4.69, 9.17) is 14.2 Å². The topological polar surface area (TPSA) is 39.7 Å². The molecule has 0 heterocycles. The maximum atomic E-state index is 5.56. The second kappa shape index (κ2) is 11.5. The van der Waals surface area contributed by atoms with Gasteiger partial charge in [0.25, 0.3) is 0 Å². The zero-order valence-electron chi connectivity index (χ0n) is 14.3. The maximum absolute atomic E-state index is 5.56. The molecule has 1 N–H and O–H groups in total. The summed E-state index contributed by atoms with van der Waals surface area (Å²) < 4.78 is 16.5. The molecule has 122 valence electrons. The molecule has 0 radical (unpaired) electrons. The minimum Gasteiger partial charge on any atom is -0.379 e. The molecule has 0 spiro atoms. The molecule has 0 aromatic heterocycles. The Hall–Kier alpha value is -0.160. The molecule has 0 amide bonds. The standard InChI is InChI=1S/C16H35NO3/c1-14(2)15(3)13-20-12-11-19-10-9-18-8-7-17-16(4,5)6/h14-15,17H,7-13H2,1-6H3/t15-/m1/s1. The average Bonchev–Trinajstić information content (AvgIpc) is 2.34. The third kappa shape index (κ3) is 14.3. The van der Waals surface area contributed by atoms with Gasteiger partial charge in [-0.15, -0.1) is 0 Å². The Bertz CT molecular complexity index is 214. The van der Waals surface area contributed by atoms with Gasteiger partial charge in [0.1, 0.15) is 0 Å². The summed E-state index contributed by atoms with van der Waals surface area (Å²) in [6, 6.07) is 0. The molecule has 0 aliphatic rings. The lowest BCUT2D eigenvalue weighted by molar-refractivity contribution is 0.00533. The van der Waals surface area contributed by atoms with Crippen LogP contribution >= 0.6 is 0 Å². The van der Waals surface area contributed by atoms with Gasteiger partial charge >= 0.3 is 0 Å². The molecule has 0 bridgehead atoms. The fourth-order valence-electron chi connectivity index (χ4n) is 1.40. The highest BCUT2D eigenvalue weighted by Crippen LogP contribution is 2.09. The summed E-state index contributed by atoms with van der Waals surface area (Å²) in [5, 5.41) is 3.37. The fraction of sp³-hybridized carbons (Fsp3) is 1.00. The van der Waals surface area contributed by atoms with Crippen molar-refractivity contribution in [1.82, 2.24) is 5.32 Å². The van der Waals surface area contributed by atoms with Crippen LogP contribution in [0.1, 0.15) is 41.5 Å². The highest BCUT2D eigenvalue weighted by atomic mass is 16.5. The Morgan fingerprint density at radius 1 is 0.800 bits per heavy atom. The Kier molecular flexibility index (Phi) is 11.4. The van der Waals surface area contributed by atoms with Crippen LogP contribution in [0.15, 0.2) is 0 Å². The first-order valence-corrected chi connectivity index (χ1v) is 7.81. The van der Waals surface area contributed by atoms with E-state index in [-0.39, 0.29) is 5.54 Å². The highest BCUT2D eigenvalue weighted by molar-refractivity contribution is 4.69. The van der Waals surface area contributed by atoms with Gasteiger partial charge in [0.05, 0.1) is 33.0 Å². The van der Waals surface area contributed by atoms with Crippen molar-refractivity contribution < 1.29 is 14.2 Å². The molecular weight excluding hydrogens is 254 g/mol. The van der Waals surface area contributed by atoms with E-state index in [1.54, 1.807) is 0 Å². The van der Waals surface area contributed by atoms with E-state index in [1.807, 2.05) is 0 Å². The molecule has 20 heavy (non-hydrogen) atoms. The van der Waals surface area contributed by atoms with Crippen LogP contribution in [0.5, 0.6) is 0 Å². The summed E-state index contributed by atoms with van der Waals surface area (Å²) in [6.45, 7) is 18.1. The first kappa shape index (κ1) is 19.8. The minimum absolute atomic E-state index is 0.157. The Labute approximate surface area is 125 Å². The zero-order chi connectivity index (χ0) is 15.4. The van der Waals surface area contributed by atoms with Crippen LogP contribution < -0.4 is 5.32 Å². The van der Waals surface area contributed by atoms with Crippen molar-refractivity contribution in [3.8, 4) is 0 Å². The monoisotopic (exact) mass is 289 g/mol. The van der Waals surface area contributed by atoms with Gasteiger partial charge in [0.2, 0.25) is 0 Å². The molecule has 0 aromatic carbocycles. The maximum Gasteiger partial charge on any atom is 0.0701 e. The van der Waals surface area contributed by atoms with Crippen molar-refractivity contribution in [1.29, 1.82) is 0 Å². The van der Waals surface area contributed by atoms with Crippen LogP contribution in [0.3, 0.4) is 0 Å². The van der Waals surface area contributed by atoms with E-state index in [1.165, 1.54) is 0 Å². The molecule has 1 atom stereocenters. The zero-order valence-corrected chi connectivity index (χ0v) is 14.3. The quantitative estimate of drug-likeness (QED) is 0.561. The molecule has 0 aromatic rings. The third-order valence-electron chi connectivity index (χ3n) is 3.16. The van der Waals surface area contributed by atoms with Gasteiger partial charge < -0.3 is 19.5 Å². The highest BCUT2D eigenvalue weighted by Gasteiger charge is 2.07. The second-order valence-corrected chi connectivity index (χ2v) is 6.70. The number of ether oxygens (including phenoxy) is 3. The fourth-order valence-corrected chi connectivity index (χ4v) is 1.40. The van der Waals surface area contributed by atoms with Crippen LogP contribution in [-0.4, -0.2) is 51.7 Å².